The maximum Gasteiger partial charge on any atom is 0.439 e. The molecule has 0 bridgehead atoms. The third-order valence-corrected chi connectivity index (χ3v) is 1.96. The molecule has 0 amide bonds. The fourth-order valence-corrected chi connectivity index (χ4v) is 1.25. The van der Waals surface area contributed by atoms with Crippen molar-refractivity contribution < 1.29 is 4.52 Å². The molecule has 76 valence electrons. The molecule has 1 aromatic carbocycles. The molecule has 0 atom stereocenters. The Kier molecular flexibility index (Phi) is 2.45. The number of aliphatic imine (C=N–C) groups is 1. The highest BCUT2D eigenvalue weighted by atomic mass is 16.5. The van der Waals surface area contributed by atoms with Crippen molar-refractivity contribution in [1.82, 2.24) is 10.1 Å². The summed E-state index contributed by atoms with van der Waals surface area (Å²) in [6.45, 7) is 3.99. The highest BCUT2D eigenvalue weighted by Gasteiger charge is 2.03. The van der Waals surface area contributed by atoms with Gasteiger partial charge in [0.1, 0.15) is 0 Å². The Morgan fingerprint density at radius 2 is 2.13 bits per heavy atom. The Morgan fingerprint density at radius 3 is 2.67 bits per heavy atom. The van der Waals surface area contributed by atoms with Crippen molar-refractivity contribution in [3.05, 3.63) is 40.4 Å². The first-order valence-corrected chi connectivity index (χ1v) is 4.37. The number of aromatic nitrogens is 2. The zero-order valence-electron chi connectivity index (χ0n) is 7.93. The van der Waals surface area contributed by atoms with Crippen LogP contribution in [0.3, 0.4) is 0 Å². The smallest absolute Gasteiger partial charge is 0.296 e. The van der Waals surface area contributed by atoms with E-state index in [9.17, 15) is 4.79 Å². The van der Waals surface area contributed by atoms with E-state index in [0.29, 0.717) is 12.4 Å². The molecule has 1 aromatic heterocycles. The van der Waals surface area contributed by atoms with E-state index in [1.54, 1.807) is 0 Å². The summed E-state index contributed by atoms with van der Waals surface area (Å²) in [5, 5.41) is 3.58. The molecule has 1 N–H and O–H groups in total. The molecule has 5 heteroatoms. The van der Waals surface area contributed by atoms with Gasteiger partial charge in [0.05, 0.1) is 6.54 Å². The Balaban J connectivity index is 2.31. The van der Waals surface area contributed by atoms with Crippen LogP contribution in [0.1, 0.15) is 5.56 Å². The van der Waals surface area contributed by atoms with Crippen LogP contribution in [0.2, 0.25) is 0 Å². The number of aromatic amines is 1. The second kappa shape index (κ2) is 3.91. The summed E-state index contributed by atoms with van der Waals surface area (Å²) < 4.78 is 4.41. The van der Waals surface area contributed by atoms with Gasteiger partial charge in [0, 0.05) is 5.56 Å². The lowest BCUT2D eigenvalue weighted by molar-refractivity contribution is 0.388. The molecule has 0 unspecified atom stereocenters. The van der Waals surface area contributed by atoms with Crippen molar-refractivity contribution >= 4 is 6.72 Å². The van der Waals surface area contributed by atoms with Crippen molar-refractivity contribution in [3.63, 3.8) is 0 Å². The van der Waals surface area contributed by atoms with E-state index in [-0.39, 0.29) is 0 Å². The van der Waals surface area contributed by atoms with Crippen molar-refractivity contribution in [3.8, 4) is 11.4 Å². The maximum absolute atomic E-state index is 10.7. The van der Waals surface area contributed by atoms with Gasteiger partial charge in [-0.3, -0.25) is 14.5 Å². The van der Waals surface area contributed by atoms with Crippen molar-refractivity contribution in [1.29, 1.82) is 0 Å². The quantitative estimate of drug-likeness (QED) is 0.762. The third kappa shape index (κ3) is 2.01. The van der Waals surface area contributed by atoms with Crippen molar-refractivity contribution in [2.75, 3.05) is 0 Å². The Labute approximate surface area is 85.5 Å². The molecule has 0 aliphatic carbocycles. The topological polar surface area (TPSA) is 71.2 Å². The molecule has 0 saturated carbocycles. The van der Waals surface area contributed by atoms with Gasteiger partial charge >= 0.3 is 5.76 Å². The minimum atomic E-state index is -0.554. The standard InChI is InChI=1S/C10H9N3O2/c1-11-6-7-2-4-8(5-3-7)9-12-10(14)15-13-9/h2-5H,1,6H2,(H,12,13,14). The summed E-state index contributed by atoms with van der Waals surface area (Å²) in [7, 11) is 0. The molecule has 0 saturated heterocycles. The van der Waals surface area contributed by atoms with E-state index in [2.05, 4.69) is 26.4 Å². The number of nitrogens with zero attached hydrogens (tertiary/aromatic N) is 2. The van der Waals surface area contributed by atoms with Crippen molar-refractivity contribution in [2.24, 2.45) is 4.99 Å². The van der Waals surface area contributed by atoms with Gasteiger partial charge in [-0.2, -0.15) is 0 Å². The number of H-pyrrole nitrogens is 1. The summed E-state index contributed by atoms with van der Waals surface area (Å²) in [6, 6.07) is 7.48. The lowest BCUT2D eigenvalue weighted by Crippen LogP contribution is -1.94. The molecule has 2 aromatic rings. The summed E-state index contributed by atoms with van der Waals surface area (Å²) in [4.78, 5) is 17.0. The zero-order valence-corrected chi connectivity index (χ0v) is 7.93. The van der Waals surface area contributed by atoms with Gasteiger partial charge in [-0.15, -0.1) is 0 Å². The molecule has 0 aliphatic heterocycles. The van der Waals surface area contributed by atoms with Crippen LogP contribution in [0.5, 0.6) is 0 Å². The van der Waals surface area contributed by atoms with Gasteiger partial charge in [-0.05, 0) is 12.3 Å². The fourth-order valence-electron chi connectivity index (χ4n) is 1.25. The van der Waals surface area contributed by atoms with E-state index < -0.39 is 5.76 Å². The zero-order chi connectivity index (χ0) is 10.7. The highest BCUT2D eigenvalue weighted by molar-refractivity contribution is 5.54. The third-order valence-electron chi connectivity index (χ3n) is 1.96. The molecule has 0 aliphatic rings. The summed E-state index contributed by atoms with van der Waals surface area (Å²) in [5.41, 5.74) is 1.85. The van der Waals surface area contributed by atoms with Gasteiger partial charge in [-0.1, -0.05) is 29.4 Å². The van der Waals surface area contributed by atoms with Crippen LogP contribution in [-0.4, -0.2) is 16.9 Å². The second-order valence-electron chi connectivity index (χ2n) is 3.02. The number of nitrogens with one attached hydrogen (secondary N) is 1. The molecule has 2 rings (SSSR count). The number of hydrogen-bond acceptors (Lipinski definition) is 4. The average Bonchev–Trinajstić information content (AvgIpc) is 2.67. The van der Waals surface area contributed by atoms with E-state index in [0.717, 1.165) is 11.1 Å². The normalized spacial score (nSPS) is 10.1. The number of rotatable bonds is 3. The summed E-state index contributed by atoms with van der Waals surface area (Å²) in [5.74, 6) is -0.125. The molecule has 0 radical (unpaired) electrons. The number of hydrogen-bond donors (Lipinski definition) is 1. The highest BCUT2D eigenvalue weighted by Crippen LogP contribution is 2.14. The van der Waals surface area contributed by atoms with Crippen molar-refractivity contribution in [2.45, 2.75) is 6.54 Å². The number of benzene rings is 1. The molecule has 0 fully saturated rings. The Hall–Kier alpha value is -2.17. The Morgan fingerprint density at radius 1 is 1.40 bits per heavy atom. The molecule has 0 spiro atoms. The maximum atomic E-state index is 10.7. The predicted octanol–water partition coefficient (Wildman–Crippen LogP) is 1.23. The largest absolute Gasteiger partial charge is 0.439 e. The van der Waals surface area contributed by atoms with Crippen LogP contribution < -0.4 is 5.76 Å². The summed E-state index contributed by atoms with van der Waals surface area (Å²) in [6.07, 6.45) is 0. The van der Waals surface area contributed by atoms with Gasteiger partial charge < -0.3 is 0 Å². The Bertz CT molecular complexity index is 510. The fraction of sp³-hybridized carbons (Fsp3) is 0.100. The predicted molar refractivity (Wildman–Crippen MR) is 55.8 cm³/mol. The first-order valence-electron chi connectivity index (χ1n) is 4.37. The van der Waals surface area contributed by atoms with Gasteiger partial charge in [0.25, 0.3) is 0 Å². The van der Waals surface area contributed by atoms with Gasteiger partial charge in [-0.25, -0.2) is 4.79 Å². The van der Waals surface area contributed by atoms with Crippen LogP contribution in [-0.2, 0) is 6.54 Å². The van der Waals surface area contributed by atoms with E-state index in [1.165, 1.54) is 0 Å². The second-order valence-corrected chi connectivity index (χ2v) is 3.02. The van der Waals surface area contributed by atoms with Crippen LogP contribution in [0.4, 0.5) is 0 Å². The first kappa shape index (κ1) is 9.39. The molecule has 1 heterocycles. The molecular formula is C10H9N3O2. The molecule has 5 nitrogen and oxygen atoms in total. The van der Waals surface area contributed by atoms with E-state index in [4.69, 9.17) is 0 Å². The van der Waals surface area contributed by atoms with Gasteiger partial charge in [0.15, 0.2) is 5.82 Å². The molecular weight excluding hydrogens is 194 g/mol. The average molecular weight is 203 g/mol. The monoisotopic (exact) mass is 203 g/mol. The molecule has 15 heavy (non-hydrogen) atoms. The minimum Gasteiger partial charge on any atom is -0.296 e. The van der Waals surface area contributed by atoms with E-state index >= 15 is 0 Å². The SMILES string of the molecule is C=NCc1ccc(-c2noc(=O)[nH]2)cc1. The van der Waals surface area contributed by atoms with E-state index in [1.807, 2.05) is 24.3 Å². The van der Waals surface area contributed by atoms with Gasteiger partial charge in [0.2, 0.25) is 0 Å². The lowest BCUT2D eigenvalue weighted by Gasteiger charge is -1.97. The van der Waals surface area contributed by atoms with Crippen LogP contribution >= 0.6 is 0 Å². The first-order chi connectivity index (χ1) is 7.29. The summed E-state index contributed by atoms with van der Waals surface area (Å²) >= 11 is 0. The van der Waals surface area contributed by atoms with Crippen LogP contribution in [0.15, 0.2) is 38.6 Å². The lowest BCUT2D eigenvalue weighted by atomic mass is 10.1. The van der Waals surface area contributed by atoms with Crippen LogP contribution in [0.25, 0.3) is 11.4 Å². The minimum absolute atomic E-state index is 0.429. The van der Waals surface area contributed by atoms with Crippen LogP contribution in [0, 0.1) is 0 Å².